The van der Waals surface area contributed by atoms with E-state index in [1.807, 2.05) is 18.5 Å². The second kappa shape index (κ2) is 4.56. The average Bonchev–Trinajstić information content (AvgIpc) is 2.30. The standard InChI is InChI=1S/C12H18N2/c1-2-10-6-12(9-14-7-10)11-4-3-5-13-8-11/h3-5,8,10,12,14H,2,6-7,9H2,1H3. The minimum atomic E-state index is 0.669. The Hall–Kier alpha value is -0.890. The van der Waals surface area contributed by atoms with Crippen molar-refractivity contribution in [3.05, 3.63) is 30.1 Å². The van der Waals surface area contributed by atoms with Gasteiger partial charge in [-0.15, -0.1) is 0 Å². The van der Waals surface area contributed by atoms with Crippen molar-refractivity contribution in [2.24, 2.45) is 5.92 Å². The van der Waals surface area contributed by atoms with E-state index in [1.165, 1.54) is 24.9 Å². The van der Waals surface area contributed by atoms with Crippen LogP contribution < -0.4 is 5.32 Å². The normalized spacial score (nSPS) is 27.5. The second-order valence-electron chi connectivity index (χ2n) is 4.15. The topological polar surface area (TPSA) is 24.9 Å². The fraction of sp³-hybridized carbons (Fsp3) is 0.583. The third-order valence-corrected chi connectivity index (χ3v) is 3.17. The van der Waals surface area contributed by atoms with Gasteiger partial charge >= 0.3 is 0 Å². The van der Waals surface area contributed by atoms with Gasteiger partial charge in [-0.2, -0.15) is 0 Å². The first kappa shape index (κ1) is 9.66. The van der Waals surface area contributed by atoms with Crippen LogP contribution in [0.5, 0.6) is 0 Å². The number of nitrogens with one attached hydrogen (secondary N) is 1. The molecule has 2 unspecified atom stereocenters. The van der Waals surface area contributed by atoms with Crippen LogP contribution in [0.1, 0.15) is 31.2 Å². The van der Waals surface area contributed by atoms with Crippen LogP contribution in [0.2, 0.25) is 0 Å². The predicted molar refractivity (Wildman–Crippen MR) is 58.2 cm³/mol. The summed E-state index contributed by atoms with van der Waals surface area (Å²) >= 11 is 0. The van der Waals surface area contributed by atoms with Gasteiger partial charge in [0.1, 0.15) is 0 Å². The summed E-state index contributed by atoms with van der Waals surface area (Å²) in [5.74, 6) is 1.51. The summed E-state index contributed by atoms with van der Waals surface area (Å²) in [6, 6.07) is 4.22. The largest absolute Gasteiger partial charge is 0.316 e. The zero-order valence-corrected chi connectivity index (χ0v) is 8.74. The lowest BCUT2D eigenvalue weighted by molar-refractivity contribution is 0.333. The molecule has 2 heteroatoms. The lowest BCUT2D eigenvalue weighted by Crippen LogP contribution is -2.34. The van der Waals surface area contributed by atoms with Crippen molar-refractivity contribution < 1.29 is 0 Å². The molecule has 0 aromatic carbocycles. The van der Waals surface area contributed by atoms with E-state index in [9.17, 15) is 0 Å². The Labute approximate surface area is 85.7 Å². The van der Waals surface area contributed by atoms with E-state index in [4.69, 9.17) is 0 Å². The first-order valence-electron chi connectivity index (χ1n) is 5.50. The lowest BCUT2D eigenvalue weighted by Gasteiger charge is -2.29. The first-order valence-corrected chi connectivity index (χ1v) is 5.50. The van der Waals surface area contributed by atoms with E-state index in [0.29, 0.717) is 5.92 Å². The van der Waals surface area contributed by atoms with E-state index in [1.54, 1.807) is 0 Å². The molecule has 0 radical (unpaired) electrons. The van der Waals surface area contributed by atoms with E-state index < -0.39 is 0 Å². The average molecular weight is 190 g/mol. The molecule has 1 aliphatic rings. The van der Waals surface area contributed by atoms with Crippen molar-refractivity contribution in [2.45, 2.75) is 25.7 Å². The third-order valence-electron chi connectivity index (χ3n) is 3.17. The van der Waals surface area contributed by atoms with Crippen molar-refractivity contribution in [1.29, 1.82) is 0 Å². The molecule has 1 aliphatic heterocycles. The van der Waals surface area contributed by atoms with Crippen LogP contribution in [0.25, 0.3) is 0 Å². The minimum Gasteiger partial charge on any atom is -0.316 e. The molecule has 76 valence electrons. The third kappa shape index (κ3) is 2.13. The molecule has 0 bridgehead atoms. The molecule has 1 N–H and O–H groups in total. The molecule has 2 rings (SSSR count). The van der Waals surface area contributed by atoms with Crippen LogP contribution in [-0.2, 0) is 0 Å². The van der Waals surface area contributed by atoms with Gasteiger partial charge in [0.15, 0.2) is 0 Å². The molecule has 2 atom stereocenters. The maximum absolute atomic E-state index is 4.18. The first-order chi connectivity index (χ1) is 6.90. The maximum atomic E-state index is 4.18. The molecule has 1 aromatic rings. The number of aromatic nitrogens is 1. The zero-order valence-electron chi connectivity index (χ0n) is 8.74. The number of pyridine rings is 1. The van der Waals surface area contributed by atoms with Crippen molar-refractivity contribution in [2.75, 3.05) is 13.1 Å². The summed E-state index contributed by atoms with van der Waals surface area (Å²) in [4.78, 5) is 4.18. The molecular formula is C12H18N2. The predicted octanol–water partition coefficient (Wildman–Crippen LogP) is 2.18. The van der Waals surface area contributed by atoms with E-state index in [-0.39, 0.29) is 0 Å². The quantitative estimate of drug-likeness (QED) is 0.773. The Balaban J connectivity index is 2.04. The minimum absolute atomic E-state index is 0.669. The molecule has 2 nitrogen and oxygen atoms in total. The summed E-state index contributed by atoms with van der Waals surface area (Å²) in [5, 5.41) is 3.51. The van der Waals surface area contributed by atoms with Crippen molar-refractivity contribution in [3.8, 4) is 0 Å². The SMILES string of the molecule is CCC1CNCC(c2cccnc2)C1. The Bertz CT molecular complexity index is 271. The number of nitrogens with zero attached hydrogens (tertiary/aromatic N) is 1. The summed E-state index contributed by atoms with van der Waals surface area (Å²) < 4.78 is 0. The molecule has 2 heterocycles. The molecular weight excluding hydrogens is 172 g/mol. The highest BCUT2D eigenvalue weighted by Crippen LogP contribution is 2.27. The highest BCUT2D eigenvalue weighted by atomic mass is 14.9. The lowest BCUT2D eigenvalue weighted by atomic mass is 9.85. The van der Waals surface area contributed by atoms with E-state index in [0.717, 1.165) is 12.5 Å². The number of hydrogen-bond donors (Lipinski definition) is 1. The van der Waals surface area contributed by atoms with E-state index in [2.05, 4.69) is 23.3 Å². The number of hydrogen-bond acceptors (Lipinski definition) is 2. The van der Waals surface area contributed by atoms with Gasteiger partial charge in [-0.25, -0.2) is 0 Å². The zero-order chi connectivity index (χ0) is 9.80. The fourth-order valence-electron chi connectivity index (χ4n) is 2.21. The number of rotatable bonds is 2. The van der Waals surface area contributed by atoms with Crippen LogP contribution in [0, 0.1) is 5.92 Å². The summed E-state index contributed by atoms with van der Waals surface area (Å²) in [6.45, 7) is 4.58. The summed E-state index contributed by atoms with van der Waals surface area (Å²) in [5.41, 5.74) is 1.39. The molecule has 0 amide bonds. The molecule has 14 heavy (non-hydrogen) atoms. The van der Waals surface area contributed by atoms with Gasteiger partial charge in [0.2, 0.25) is 0 Å². The van der Waals surface area contributed by atoms with Gasteiger partial charge in [-0.1, -0.05) is 19.4 Å². The smallest absolute Gasteiger partial charge is 0.0303 e. The Morgan fingerprint density at radius 3 is 3.14 bits per heavy atom. The molecule has 0 saturated carbocycles. The van der Waals surface area contributed by atoms with Crippen LogP contribution >= 0.6 is 0 Å². The van der Waals surface area contributed by atoms with Crippen LogP contribution in [-0.4, -0.2) is 18.1 Å². The molecule has 1 saturated heterocycles. The van der Waals surface area contributed by atoms with Crippen LogP contribution in [0.4, 0.5) is 0 Å². The fourth-order valence-corrected chi connectivity index (χ4v) is 2.21. The highest BCUT2D eigenvalue weighted by Gasteiger charge is 2.21. The Morgan fingerprint density at radius 2 is 2.43 bits per heavy atom. The van der Waals surface area contributed by atoms with Crippen molar-refractivity contribution in [1.82, 2.24) is 10.3 Å². The molecule has 0 spiro atoms. The Kier molecular flexibility index (Phi) is 3.14. The summed E-state index contributed by atoms with van der Waals surface area (Å²) in [6.07, 6.45) is 6.44. The van der Waals surface area contributed by atoms with E-state index >= 15 is 0 Å². The number of piperidine rings is 1. The molecule has 1 aromatic heterocycles. The molecule has 0 aliphatic carbocycles. The van der Waals surface area contributed by atoms with Gasteiger partial charge in [-0.05, 0) is 36.4 Å². The second-order valence-corrected chi connectivity index (χ2v) is 4.15. The maximum Gasteiger partial charge on any atom is 0.0303 e. The summed E-state index contributed by atoms with van der Waals surface area (Å²) in [7, 11) is 0. The van der Waals surface area contributed by atoms with Crippen LogP contribution in [0.15, 0.2) is 24.5 Å². The molecule has 1 fully saturated rings. The van der Waals surface area contributed by atoms with Gasteiger partial charge in [0, 0.05) is 18.9 Å². The Morgan fingerprint density at radius 1 is 1.50 bits per heavy atom. The van der Waals surface area contributed by atoms with Gasteiger partial charge in [0.05, 0.1) is 0 Å². The van der Waals surface area contributed by atoms with Gasteiger partial charge < -0.3 is 5.32 Å². The van der Waals surface area contributed by atoms with Crippen molar-refractivity contribution >= 4 is 0 Å². The van der Waals surface area contributed by atoms with Crippen molar-refractivity contribution in [3.63, 3.8) is 0 Å². The monoisotopic (exact) mass is 190 g/mol. The van der Waals surface area contributed by atoms with Gasteiger partial charge in [-0.3, -0.25) is 4.98 Å². The highest BCUT2D eigenvalue weighted by molar-refractivity contribution is 5.16. The van der Waals surface area contributed by atoms with Gasteiger partial charge in [0.25, 0.3) is 0 Å². The van der Waals surface area contributed by atoms with Crippen LogP contribution in [0.3, 0.4) is 0 Å².